The van der Waals surface area contributed by atoms with Gasteiger partial charge >= 0.3 is 0 Å². The lowest BCUT2D eigenvalue weighted by atomic mass is 10.1. The van der Waals surface area contributed by atoms with Crippen molar-refractivity contribution >= 4 is 31.8 Å². The second-order valence-corrected chi connectivity index (χ2v) is 18.2. The zero-order valence-corrected chi connectivity index (χ0v) is 23.4. The molecule has 0 unspecified atom stereocenters. The van der Waals surface area contributed by atoms with Gasteiger partial charge in [0.15, 0.2) is 8.32 Å². The highest BCUT2D eigenvalue weighted by Gasteiger charge is 2.42. The van der Waals surface area contributed by atoms with Crippen LogP contribution in [0.1, 0.15) is 58.9 Å². The molecule has 0 bridgehead atoms. The van der Waals surface area contributed by atoms with Crippen LogP contribution in [0.5, 0.6) is 0 Å². The van der Waals surface area contributed by atoms with E-state index >= 15 is 0 Å². The molecule has 1 aliphatic rings. The lowest BCUT2D eigenvalue weighted by molar-refractivity contribution is 0.0387. The number of thioether (sulfide) groups is 2. The van der Waals surface area contributed by atoms with Crippen LogP contribution in [0.25, 0.3) is 0 Å². The summed E-state index contributed by atoms with van der Waals surface area (Å²) in [6, 6.07) is 10.4. The third-order valence-corrected chi connectivity index (χ3v) is 14.5. The highest BCUT2D eigenvalue weighted by molar-refractivity contribution is 8.18. The molecule has 31 heavy (non-hydrogen) atoms. The lowest BCUT2D eigenvalue weighted by Crippen LogP contribution is -2.45. The molecule has 2 atom stereocenters. The normalized spacial score (nSPS) is 19.2. The average molecular weight is 485 g/mol. The van der Waals surface area contributed by atoms with Gasteiger partial charge in [0.1, 0.15) is 0 Å². The fraction of sp³-hybridized carbons (Fsp3) is 0.760. The predicted molar refractivity (Wildman–Crippen MR) is 141 cm³/mol. The van der Waals surface area contributed by atoms with Crippen molar-refractivity contribution in [3.8, 4) is 0 Å². The maximum atomic E-state index is 6.74. The Labute approximate surface area is 200 Å². The van der Waals surface area contributed by atoms with Crippen molar-refractivity contribution in [3.05, 3.63) is 35.9 Å². The van der Waals surface area contributed by atoms with Crippen molar-refractivity contribution in [1.29, 1.82) is 0 Å². The third-order valence-electron chi connectivity index (χ3n) is 6.49. The molecule has 1 heterocycles. The van der Waals surface area contributed by atoms with Crippen molar-refractivity contribution in [3.63, 3.8) is 0 Å². The minimum absolute atomic E-state index is 0.181. The van der Waals surface area contributed by atoms with Gasteiger partial charge in [-0.25, -0.2) is 0 Å². The van der Waals surface area contributed by atoms with Crippen molar-refractivity contribution in [2.45, 2.75) is 94.4 Å². The molecule has 0 saturated carbocycles. The molecule has 0 aliphatic carbocycles. The maximum Gasteiger partial charge on any atom is 0.192 e. The first kappa shape index (κ1) is 27.3. The van der Waals surface area contributed by atoms with Gasteiger partial charge in [-0.2, -0.15) is 0 Å². The van der Waals surface area contributed by atoms with Crippen LogP contribution >= 0.6 is 23.5 Å². The van der Waals surface area contributed by atoms with Gasteiger partial charge in [0, 0.05) is 19.8 Å². The summed E-state index contributed by atoms with van der Waals surface area (Å²) in [6.45, 7) is 15.4. The predicted octanol–water partition coefficient (Wildman–Crippen LogP) is 7.37. The quantitative estimate of drug-likeness (QED) is 0.228. The molecule has 1 aromatic carbocycles. The Kier molecular flexibility index (Phi) is 11.0. The standard InChI is InChI=1S/C25H44O3S2Si/c1-21(28-31(6,7)24(2,3)4)18-25(29-16-11-17-30-25)19-23(26-5)14-15-27-20-22-12-9-8-10-13-22/h8-10,12-13,21,23H,11,14-20H2,1-7H3/t21-,23-/m0/s1. The molecular formula is C25H44O3S2Si. The smallest absolute Gasteiger partial charge is 0.192 e. The SMILES string of the molecule is CO[C@@H](CCOCc1ccccc1)CC1(C[C@H](C)O[Si](C)(C)C(C)(C)C)SCCCS1. The topological polar surface area (TPSA) is 27.7 Å². The van der Waals surface area contributed by atoms with Gasteiger partial charge in [-0.15, -0.1) is 23.5 Å². The Balaban J connectivity index is 1.91. The number of hydrogen-bond acceptors (Lipinski definition) is 5. The zero-order chi connectivity index (χ0) is 23.0. The molecule has 3 nitrogen and oxygen atoms in total. The maximum absolute atomic E-state index is 6.74. The van der Waals surface area contributed by atoms with Crippen LogP contribution in [0.15, 0.2) is 30.3 Å². The molecule has 0 spiro atoms. The van der Waals surface area contributed by atoms with Crippen LogP contribution in [-0.4, -0.2) is 49.8 Å². The van der Waals surface area contributed by atoms with Gasteiger partial charge in [-0.3, -0.25) is 0 Å². The summed E-state index contributed by atoms with van der Waals surface area (Å²) in [5, 5.41) is 0.242. The summed E-state index contributed by atoms with van der Waals surface area (Å²) in [5.74, 6) is 2.47. The van der Waals surface area contributed by atoms with Gasteiger partial charge in [-0.1, -0.05) is 51.1 Å². The molecule has 0 N–H and O–H groups in total. The fourth-order valence-electron chi connectivity index (χ4n) is 3.72. The first-order valence-corrected chi connectivity index (χ1v) is 16.5. The number of ether oxygens (including phenoxy) is 2. The van der Waals surface area contributed by atoms with Gasteiger partial charge < -0.3 is 13.9 Å². The van der Waals surface area contributed by atoms with Crippen molar-refractivity contribution < 1.29 is 13.9 Å². The van der Waals surface area contributed by atoms with Gasteiger partial charge in [-0.05, 0) is 67.8 Å². The molecule has 1 aliphatic heterocycles. The molecule has 0 amide bonds. The number of benzene rings is 1. The number of rotatable bonds is 12. The monoisotopic (exact) mass is 484 g/mol. The average Bonchev–Trinajstić information content (AvgIpc) is 2.70. The Hall–Kier alpha value is 0.0169. The molecule has 0 aromatic heterocycles. The van der Waals surface area contributed by atoms with Gasteiger partial charge in [0.25, 0.3) is 0 Å². The van der Waals surface area contributed by atoms with Crippen LogP contribution in [-0.2, 0) is 20.5 Å². The largest absolute Gasteiger partial charge is 0.414 e. The molecule has 0 radical (unpaired) electrons. The number of hydrogen-bond donors (Lipinski definition) is 0. The van der Waals surface area contributed by atoms with E-state index in [-0.39, 0.29) is 21.3 Å². The van der Waals surface area contributed by atoms with E-state index in [1.807, 2.05) is 13.2 Å². The van der Waals surface area contributed by atoms with E-state index in [4.69, 9.17) is 13.9 Å². The highest BCUT2D eigenvalue weighted by Crippen LogP contribution is 2.50. The summed E-state index contributed by atoms with van der Waals surface area (Å²) in [5.41, 5.74) is 1.22. The summed E-state index contributed by atoms with van der Waals surface area (Å²) < 4.78 is 18.8. The Morgan fingerprint density at radius 1 is 1.06 bits per heavy atom. The molecule has 1 saturated heterocycles. The van der Waals surface area contributed by atoms with E-state index in [1.165, 1.54) is 23.5 Å². The van der Waals surface area contributed by atoms with E-state index in [9.17, 15) is 0 Å². The van der Waals surface area contributed by atoms with Crippen LogP contribution < -0.4 is 0 Å². The summed E-state index contributed by atoms with van der Waals surface area (Å²) in [4.78, 5) is 0. The van der Waals surface area contributed by atoms with E-state index in [0.29, 0.717) is 6.61 Å². The van der Waals surface area contributed by atoms with E-state index in [0.717, 1.165) is 25.9 Å². The Morgan fingerprint density at radius 2 is 1.71 bits per heavy atom. The van der Waals surface area contributed by atoms with Crippen molar-refractivity contribution in [1.82, 2.24) is 0 Å². The second-order valence-electron chi connectivity index (χ2n) is 10.2. The zero-order valence-electron chi connectivity index (χ0n) is 20.7. The third kappa shape index (κ3) is 9.05. The first-order chi connectivity index (χ1) is 14.6. The van der Waals surface area contributed by atoms with Crippen LogP contribution in [0.4, 0.5) is 0 Å². The molecule has 178 valence electrons. The minimum Gasteiger partial charge on any atom is -0.414 e. The van der Waals surface area contributed by atoms with Gasteiger partial charge in [0.2, 0.25) is 0 Å². The van der Waals surface area contributed by atoms with Crippen LogP contribution in [0.3, 0.4) is 0 Å². The fourth-order valence-corrected chi connectivity index (χ4v) is 8.82. The van der Waals surface area contributed by atoms with E-state index in [2.05, 4.69) is 88.6 Å². The second kappa shape index (κ2) is 12.5. The Morgan fingerprint density at radius 3 is 2.29 bits per heavy atom. The van der Waals surface area contributed by atoms with Gasteiger partial charge in [0.05, 0.1) is 16.8 Å². The summed E-state index contributed by atoms with van der Waals surface area (Å²) in [6.07, 6.45) is 4.86. The number of methoxy groups -OCH3 is 1. The molecular weight excluding hydrogens is 440 g/mol. The van der Waals surface area contributed by atoms with E-state index in [1.54, 1.807) is 0 Å². The van der Waals surface area contributed by atoms with Crippen LogP contribution in [0, 0.1) is 0 Å². The minimum atomic E-state index is -1.76. The van der Waals surface area contributed by atoms with E-state index < -0.39 is 8.32 Å². The molecule has 2 rings (SSSR count). The molecule has 1 fully saturated rings. The first-order valence-electron chi connectivity index (χ1n) is 11.7. The molecule has 1 aromatic rings. The van der Waals surface area contributed by atoms with Crippen molar-refractivity contribution in [2.75, 3.05) is 25.2 Å². The molecule has 6 heteroatoms. The highest BCUT2D eigenvalue weighted by atomic mass is 32.2. The summed E-state index contributed by atoms with van der Waals surface area (Å²) >= 11 is 4.26. The van der Waals surface area contributed by atoms with Crippen LogP contribution in [0.2, 0.25) is 18.1 Å². The lowest BCUT2D eigenvalue weighted by Gasteiger charge is -2.43. The Bertz CT molecular complexity index is 627. The summed E-state index contributed by atoms with van der Waals surface area (Å²) in [7, 11) is 0.0888. The van der Waals surface area contributed by atoms with Crippen molar-refractivity contribution in [2.24, 2.45) is 0 Å².